The average molecular weight is 560 g/mol. The number of halogens is 3. The average Bonchev–Trinajstić information content (AvgIpc) is 3.61. The van der Waals surface area contributed by atoms with E-state index in [1.165, 1.54) is 11.1 Å². The first kappa shape index (κ1) is 25.9. The summed E-state index contributed by atoms with van der Waals surface area (Å²) in [6.07, 6.45) is 3.76. The van der Waals surface area contributed by atoms with Gasteiger partial charge < -0.3 is 14.6 Å². The predicted octanol–water partition coefficient (Wildman–Crippen LogP) is 4.52. The fourth-order valence-corrected chi connectivity index (χ4v) is 6.00. The van der Waals surface area contributed by atoms with Gasteiger partial charge in [0.15, 0.2) is 0 Å². The van der Waals surface area contributed by atoms with Crippen molar-refractivity contribution < 1.29 is 18.4 Å². The summed E-state index contributed by atoms with van der Waals surface area (Å²) in [5, 5.41) is 14.5. The third-order valence-electron chi connectivity index (χ3n) is 7.81. The van der Waals surface area contributed by atoms with Crippen LogP contribution >= 0.6 is 11.6 Å². The van der Waals surface area contributed by atoms with E-state index >= 15 is 0 Å². The second kappa shape index (κ2) is 10.3. The van der Waals surface area contributed by atoms with Gasteiger partial charge in [0, 0.05) is 37.5 Å². The molecule has 13 heteroatoms. The molecule has 2 N–H and O–H groups in total. The van der Waals surface area contributed by atoms with Crippen LogP contribution in [0.15, 0.2) is 33.8 Å². The minimum absolute atomic E-state index is 0.0451. The molecule has 0 spiro atoms. The van der Waals surface area contributed by atoms with Crippen molar-refractivity contribution in [2.45, 2.75) is 64.1 Å². The van der Waals surface area contributed by atoms with Gasteiger partial charge in [0.1, 0.15) is 5.69 Å². The standard InChI is InChI=1S/C26H28ClF2N7O3/c1-13-2-4-14(5-3-13)11-36-22-18(32-25(36)35-12-17(37)7-20(35)23(28)29)8-19(24-33-26(38)39-34-24)31-21(22)15-6-16(27)10-30-9-15/h6,8-10,13-14,17,20,23,37H,2-5,7,11-12H2,1H3,(H,33,34,38)/t13?,14?,17-,20+/m1/s1. The number of imidazole rings is 1. The van der Waals surface area contributed by atoms with Crippen LogP contribution < -0.4 is 10.7 Å². The summed E-state index contributed by atoms with van der Waals surface area (Å²) in [6.45, 7) is 2.85. The van der Waals surface area contributed by atoms with Crippen molar-refractivity contribution in [3.8, 4) is 22.8 Å². The van der Waals surface area contributed by atoms with Gasteiger partial charge in [-0.15, -0.1) is 0 Å². The Kier molecular flexibility index (Phi) is 6.84. The van der Waals surface area contributed by atoms with Crippen molar-refractivity contribution in [3.05, 3.63) is 40.1 Å². The molecule has 5 heterocycles. The molecule has 10 nitrogen and oxygen atoms in total. The molecular weight excluding hydrogens is 532 g/mol. The van der Waals surface area contributed by atoms with Crippen molar-refractivity contribution in [1.82, 2.24) is 29.7 Å². The lowest BCUT2D eigenvalue weighted by molar-refractivity contribution is 0.105. The van der Waals surface area contributed by atoms with Crippen molar-refractivity contribution >= 4 is 28.6 Å². The Labute approximate surface area is 227 Å². The summed E-state index contributed by atoms with van der Waals surface area (Å²) >= 11 is 6.29. The SMILES string of the molecule is CC1CCC(Cn2c(N3C[C@H](O)C[C@H]3C(F)F)nc3cc(-c4noc(=O)[nH]4)nc(-c4cncc(Cl)c4)c32)CC1. The third-order valence-corrected chi connectivity index (χ3v) is 8.02. The van der Waals surface area contributed by atoms with E-state index in [1.54, 1.807) is 18.3 Å². The first-order valence-corrected chi connectivity index (χ1v) is 13.5. The van der Waals surface area contributed by atoms with E-state index in [9.17, 15) is 18.7 Å². The van der Waals surface area contributed by atoms with Crippen molar-refractivity contribution in [2.75, 3.05) is 11.4 Å². The van der Waals surface area contributed by atoms with E-state index in [0.717, 1.165) is 25.7 Å². The number of aliphatic hydroxyl groups is 1. The number of hydrogen-bond acceptors (Lipinski definition) is 8. The van der Waals surface area contributed by atoms with Gasteiger partial charge in [-0.3, -0.25) is 14.5 Å². The van der Waals surface area contributed by atoms with Crippen molar-refractivity contribution in [2.24, 2.45) is 11.8 Å². The molecule has 0 radical (unpaired) electrons. The number of nitrogens with zero attached hydrogens (tertiary/aromatic N) is 6. The second-order valence-corrected chi connectivity index (χ2v) is 11.1. The van der Waals surface area contributed by atoms with Gasteiger partial charge in [-0.05, 0) is 36.8 Å². The van der Waals surface area contributed by atoms with Crippen LogP contribution in [0.25, 0.3) is 33.8 Å². The fourth-order valence-electron chi connectivity index (χ4n) is 5.82. The number of aromatic nitrogens is 6. The molecule has 4 aromatic heterocycles. The van der Waals surface area contributed by atoms with Crippen molar-refractivity contribution in [3.63, 3.8) is 0 Å². The Hall–Kier alpha value is -3.38. The summed E-state index contributed by atoms with van der Waals surface area (Å²) in [4.78, 5) is 29.6. The van der Waals surface area contributed by atoms with Crippen LogP contribution in [-0.2, 0) is 6.54 Å². The van der Waals surface area contributed by atoms with E-state index in [2.05, 4.69) is 26.6 Å². The molecule has 0 bridgehead atoms. The maximum Gasteiger partial charge on any atom is 0.439 e. The van der Waals surface area contributed by atoms with E-state index in [1.807, 2.05) is 4.57 Å². The number of pyridine rings is 2. The first-order chi connectivity index (χ1) is 18.8. The molecule has 0 aromatic carbocycles. The molecule has 2 fully saturated rings. The Bertz CT molecular complexity index is 1550. The summed E-state index contributed by atoms with van der Waals surface area (Å²) in [7, 11) is 0. The zero-order valence-electron chi connectivity index (χ0n) is 21.2. The van der Waals surface area contributed by atoms with E-state index < -0.39 is 24.3 Å². The molecule has 6 rings (SSSR count). The van der Waals surface area contributed by atoms with Crippen LogP contribution in [0.1, 0.15) is 39.0 Å². The number of hydrogen-bond donors (Lipinski definition) is 2. The summed E-state index contributed by atoms with van der Waals surface area (Å²) < 4.78 is 34.9. The Morgan fingerprint density at radius 3 is 2.69 bits per heavy atom. The predicted molar refractivity (Wildman–Crippen MR) is 141 cm³/mol. The van der Waals surface area contributed by atoms with Crippen LogP contribution in [0.4, 0.5) is 14.7 Å². The molecule has 1 saturated heterocycles. The lowest BCUT2D eigenvalue weighted by atomic mass is 9.83. The lowest BCUT2D eigenvalue weighted by Gasteiger charge is -2.30. The van der Waals surface area contributed by atoms with Crippen molar-refractivity contribution in [1.29, 1.82) is 0 Å². The van der Waals surface area contributed by atoms with E-state index in [-0.39, 0.29) is 24.5 Å². The maximum absolute atomic E-state index is 14.1. The number of fused-ring (bicyclic) bond motifs is 1. The third kappa shape index (κ3) is 5.03. The van der Waals surface area contributed by atoms with Gasteiger partial charge in [0.25, 0.3) is 6.43 Å². The van der Waals surface area contributed by atoms with E-state index in [0.29, 0.717) is 51.6 Å². The largest absolute Gasteiger partial charge is 0.439 e. The van der Waals surface area contributed by atoms with Crippen LogP contribution in [0, 0.1) is 11.8 Å². The van der Waals surface area contributed by atoms with Gasteiger partial charge in [-0.25, -0.2) is 23.5 Å². The normalized spacial score (nSPS) is 23.8. The Morgan fingerprint density at radius 1 is 1.21 bits per heavy atom. The number of rotatable bonds is 6. The molecule has 4 aromatic rings. The van der Waals surface area contributed by atoms with Crippen LogP contribution in [0.2, 0.25) is 5.02 Å². The highest BCUT2D eigenvalue weighted by Crippen LogP contribution is 2.39. The maximum atomic E-state index is 14.1. The number of aliphatic hydroxyl groups excluding tert-OH is 1. The number of nitrogens with one attached hydrogen (secondary N) is 1. The van der Waals surface area contributed by atoms with Gasteiger partial charge in [0.2, 0.25) is 11.8 Å². The Morgan fingerprint density at radius 2 is 2.00 bits per heavy atom. The zero-order valence-corrected chi connectivity index (χ0v) is 22.0. The molecule has 0 amide bonds. The minimum atomic E-state index is -2.66. The number of alkyl halides is 2. The topological polar surface area (TPSA) is 126 Å². The van der Waals surface area contributed by atoms with Gasteiger partial charge >= 0.3 is 5.76 Å². The molecule has 2 aliphatic rings. The lowest BCUT2D eigenvalue weighted by Crippen LogP contribution is -2.37. The highest BCUT2D eigenvalue weighted by Gasteiger charge is 2.40. The number of anilines is 1. The molecular formula is C26H28ClF2N7O3. The number of aromatic amines is 1. The molecule has 1 aliphatic heterocycles. The molecule has 1 aliphatic carbocycles. The molecule has 206 valence electrons. The quantitative estimate of drug-likeness (QED) is 0.353. The second-order valence-electron chi connectivity index (χ2n) is 10.7. The van der Waals surface area contributed by atoms with Gasteiger partial charge in [-0.1, -0.05) is 36.5 Å². The minimum Gasteiger partial charge on any atom is -0.391 e. The highest BCUT2D eigenvalue weighted by molar-refractivity contribution is 6.30. The van der Waals surface area contributed by atoms with Gasteiger partial charge in [0.05, 0.1) is 33.9 Å². The first-order valence-electron chi connectivity index (χ1n) is 13.1. The van der Waals surface area contributed by atoms with E-state index in [4.69, 9.17) is 21.6 Å². The molecule has 0 unspecified atom stereocenters. The summed E-state index contributed by atoms with van der Waals surface area (Å²) in [5.41, 5.74) is 2.47. The Balaban J connectivity index is 1.59. The number of β-amino-alcohol motifs (C(OH)–C–C–N with tert-alkyl or cyclic N) is 1. The summed E-state index contributed by atoms with van der Waals surface area (Å²) in [5.74, 6) is 0.708. The van der Waals surface area contributed by atoms with Crippen LogP contribution in [0.3, 0.4) is 0 Å². The monoisotopic (exact) mass is 559 g/mol. The molecule has 39 heavy (non-hydrogen) atoms. The highest BCUT2D eigenvalue weighted by atomic mass is 35.5. The molecule has 2 atom stereocenters. The van der Waals surface area contributed by atoms with Crippen LogP contribution in [-0.4, -0.2) is 59.9 Å². The summed E-state index contributed by atoms with van der Waals surface area (Å²) in [6, 6.07) is 2.20. The number of H-pyrrole nitrogens is 1. The molecule has 1 saturated carbocycles. The zero-order chi connectivity index (χ0) is 27.3. The van der Waals surface area contributed by atoms with Gasteiger partial charge in [-0.2, -0.15) is 0 Å². The van der Waals surface area contributed by atoms with Crippen LogP contribution in [0.5, 0.6) is 0 Å². The smallest absolute Gasteiger partial charge is 0.391 e. The fraction of sp³-hybridized carbons (Fsp3) is 0.500.